The number of carbonyl (C=O) groups is 1. The van der Waals surface area contributed by atoms with Gasteiger partial charge in [0, 0.05) is 37.0 Å². The normalized spacial score (nSPS) is 15.4. The number of carbonyl (C=O) groups excluding carboxylic acids is 1. The van der Waals surface area contributed by atoms with E-state index in [-0.39, 0.29) is 23.7 Å². The summed E-state index contributed by atoms with van der Waals surface area (Å²) in [5.74, 6) is 0.620. The van der Waals surface area contributed by atoms with Crippen molar-refractivity contribution in [2.45, 2.75) is 39.7 Å². The standard InChI is InChI=1S/C28H30FN5O/c1-18-4-5-23(16-19(18)2)25-17-26-27(30-12-15-34(26)32-25)33-13-10-22(11-14-33)28(35)31-20(3)21-6-8-24(29)9-7-21/h4-9,12,15-17,20,22H,10-11,13-14H2,1-3H3,(H,31,35)/t20-/m0/s1. The number of fused-ring (bicyclic) bond motifs is 1. The van der Waals surface area contributed by atoms with E-state index < -0.39 is 0 Å². The number of benzene rings is 2. The van der Waals surface area contributed by atoms with Crippen LogP contribution in [0.3, 0.4) is 0 Å². The minimum atomic E-state index is -0.275. The third kappa shape index (κ3) is 4.76. The molecule has 1 saturated heterocycles. The van der Waals surface area contributed by atoms with Crippen LogP contribution in [-0.4, -0.2) is 33.6 Å². The summed E-state index contributed by atoms with van der Waals surface area (Å²) < 4.78 is 15.1. The van der Waals surface area contributed by atoms with E-state index in [9.17, 15) is 9.18 Å². The van der Waals surface area contributed by atoms with Crippen LogP contribution < -0.4 is 10.2 Å². The molecular weight excluding hydrogens is 441 g/mol. The number of halogens is 1. The zero-order valence-electron chi connectivity index (χ0n) is 20.3. The van der Waals surface area contributed by atoms with Gasteiger partial charge in [-0.25, -0.2) is 13.9 Å². The molecule has 1 amide bonds. The first-order valence-electron chi connectivity index (χ1n) is 12.1. The molecule has 1 fully saturated rings. The Balaban J connectivity index is 1.27. The van der Waals surface area contributed by atoms with Crippen LogP contribution >= 0.6 is 0 Å². The number of aromatic nitrogens is 3. The monoisotopic (exact) mass is 471 g/mol. The van der Waals surface area contributed by atoms with Crippen molar-refractivity contribution in [2.24, 2.45) is 5.92 Å². The van der Waals surface area contributed by atoms with Crippen molar-refractivity contribution in [3.8, 4) is 11.3 Å². The maximum atomic E-state index is 13.2. The van der Waals surface area contributed by atoms with Crippen LogP contribution in [0.5, 0.6) is 0 Å². The van der Waals surface area contributed by atoms with Gasteiger partial charge in [0.2, 0.25) is 5.91 Å². The minimum absolute atomic E-state index is 0.0500. The lowest BCUT2D eigenvalue weighted by Crippen LogP contribution is -2.41. The highest BCUT2D eigenvalue weighted by atomic mass is 19.1. The first kappa shape index (κ1) is 23.0. The van der Waals surface area contributed by atoms with E-state index >= 15 is 0 Å². The molecule has 6 nitrogen and oxygen atoms in total. The lowest BCUT2D eigenvalue weighted by molar-refractivity contribution is -0.126. The second-order valence-corrected chi connectivity index (χ2v) is 9.45. The van der Waals surface area contributed by atoms with Gasteiger partial charge in [0.1, 0.15) is 11.3 Å². The summed E-state index contributed by atoms with van der Waals surface area (Å²) >= 11 is 0. The molecule has 5 rings (SSSR count). The van der Waals surface area contributed by atoms with Gasteiger partial charge in [0.25, 0.3) is 0 Å². The number of piperidine rings is 1. The molecule has 0 saturated carbocycles. The topological polar surface area (TPSA) is 62.5 Å². The van der Waals surface area contributed by atoms with Crippen molar-refractivity contribution in [2.75, 3.05) is 18.0 Å². The van der Waals surface area contributed by atoms with E-state index in [4.69, 9.17) is 5.10 Å². The molecule has 2 aromatic heterocycles. The molecule has 35 heavy (non-hydrogen) atoms. The van der Waals surface area contributed by atoms with Crippen molar-refractivity contribution in [1.29, 1.82) is 0 Å². The molecule has 180 valence electrons. The Labute approximate surface area is 204 Å². The number of hydrogen-bond acceptors (Lipinski definition) is 4. The van der Waals surface area contributed by atoms with Gasteiger partial charge in [0.15, 0.2) is 5.82 Å². The largest absolute Gasteiger partial charge is 0.355 e. The highest BCUT2D eigenvalue weighted by Crippen LogP contribution is 2.29. The number of nitrogens with zero attached hydrogens (tertiary/aromatic N) is 4. The van der Waals surface area contributed by atoms with E-state index in [1.807, 2.05) is 17.6 Å². The first-order valence-corrected chi connectivity index (χ1v) is 12.1. The Morgan fingerprint density at radius 3 is 2.51 bits per heavy atom. The second kappa shape index (κ2) is 9.49. The Kier molecular flexibility index (Phi) is 6.24. The zero-order chi connectivity index (χ0) is 24.5. The molecule has 1 N–H and O–H groups in total. The van der Waals surface area contributed by atoms with E-state index in [0.717, 1.165) is 54.1 Å². The fraction of sp³-hybridized carbons (Fsp3) is 0.321. The van der Waals surface area contributed by atoms with Gasteiger partial charge in [-0.1, -0.05) is 24.3 Å². The van der Waals surface area contributed by atoms with Crippen LogP contribution in [0.2, 0.25) is 0 Å². The van der Waals surface area contributed by atoms with Crippen LogP contribution in [0.1, 0.15) is 42.5 Å². The summed E-state index contributed by atoms with van der Waals surface area (Å²) in [5.41, 5.74) is 6.38. The average molecular weight is 472 g/mol. The molecule has 0 bridgehead atoms. The number of anilines is 1. The number of rotatable bonds is 5. The van der Waals surface area contributed by atoms with Crippen molar-refractivity contribution >= 4 is 17.2 Å². The quantitative estimate of drug-likeness (QED) is 0.432. The number of hydrogen-bond donors (Lipinski definition) is 1. The second-order valence-electron chi connectivity index (χ2n) is 9.45. The molecule has 1 aliphatic heterocycles. The van der Waals surface area contributed by atoms with Gasteiger partial charge >= 0.3 is 0 Å². The van der Waals surface area contributed by atoms with Crippen LogP contribution in [0.25, 0.3) is 16.8 Å². The van der Waals surface area contributed by atoms with Crippen LogP contribution in [0.15, 0.2) is 60.9 Å². The lowest BCUT2D eigenvalue weighted by Gasteiger charge is -2.32. The highest BCUT2D eigenvalue weighted by Gasteiger charge is 2.27. The predicted molar refractivity (Wildman–Crippen MR) is 136 cm³/mol. The molecular formula is C28H30FN5O. The summed E-state index contributed by atoms with van der Waals surface area (Å²) in [6.45, 7) is 7.65. The van der Waals surface area contributed by atoms with Crippen molar-refractivity contribution in [3.05, 3.63) is 83.4 Å². The fourth-order valence-corrected chi connectivity index (χ4v) is 4.71. The van der Waals surface area contributed by atoms with Gasteiger partial charge in [-0.15, -0.1) is 0 Å². The Morgan fingerprint density at radius 2 is 1.80 bits per heavy atom. The molecule has 2 aromatic carbocycles. The van der Waals surface area contributed by atoms with Gasteiger partial charge in [0.05, 0.1) is 11.7 Å². The molecule has 1 atom stereocenters. The van der Waals surface area contributed by atoms with E-state index in [2.05, 4.69) is 53.3 Å². The number of aryl methyl sites for hydroxylation is 2. The Bertz CT molecular complexity index is 1360. The predicted octanol–water partition coefficient (Wildman–Crippen LogP) is 5.25. The maximum Gasteiger partial charge on any atom is 0.223 e. The molecule has 3 heterocycles. The van der Waals surface area contributed by atoms with Gasteiger partial charge in [-0.3, -0.25) is 4.79 Å². The Hall–Kier alpha value is -3.74. The van der Waals surface area contributed by atoms with Gasteiger partial charge < -0.3 is 10.2 Å². The molecule has 4 aromatic rings. The number of amides is 1. The van der Waals surface area contributed by atoms with Gasteiger partial charge in [-0.2, -0.15) is 5.10 Å². The molecule has 1 aliphatic rings. The Morgan fingerprint density at radius 1 is 1.06 bits per heavy atom. The minimum Gasteiger partial charge on any atom is -0.355 e. The molecule has 0 radical (unpaired) electrons. The maximum absolute atomic E-state index is 13.2. The summed E-state index contributed by atoms with van der Waals surface area (Å²) in [7, 11) is 0. The zero-order valence-corrected chi connectivity index (χ0v) is 20.3. The molecule has 0 unspecified atom stereocenters. The summed E-state index contributed by atoms with van der Waals surface area (Å²) in [6, 6.07) is 14.6. The van der Waals surface area contributed by atoms with Crippen LogP contribution in [0, 0.1) is 25.6 Å². The molecule has 0 aliphatic carbocycles. The highest BCUT2D eigenvalue weighted by molar-refractivity contribution is 5.80. The van der Waals surface area contributed by atoms with Crippen molar-refractivity contribution in [1.82, 2.24) is 19.9 Å². The van der Waals surface area contributed by atoms with E-state index in [0.29, 0.717) is 0 Å². The summed E-state index contributed by atoms with van der Waals surface area (Å²) in [5, 5.41) is 7.87. The van der Waals surface area contributed by atoms with Crippen LogP contribution in [0.4, 0.5) is 10.2 Å². The third-order valence-corrected chi connectivity index (χ3v) is 7.07. The third-order valence-electron chi connectivity index (χ3n) is 7.07. The molecule has 7 heteroatoms. The van der Waals surface area contributed by atoms with Crippen molar-refractivity contribution < 1.29 is 9.18 Å². The smallest absolute Gasteiger partial charge is 0.223 e. The number of nitrogens with one attached hydrogen (secondary N) is 1. The van der Waals surface area contributed by atoms with Gasteiger partial charge in [-0.05, 0) is 74.6 Å². The first-order chi connectivity index (χ1) is 16.9. The lowest BCUT2D eigenvalue weighted by atomic mass is 9.95. The van der Waals surface area contributed by atoms with E-state index in [1.54, 1.807) is 18.3 Å². The molecule has 0 spiro atoms. The van der Waals surface area contributed by atoms with E-state index in [1.165, 1.54) is 23.3 Å². The fourth-order valence-electron chi connectivity index (χ4n) is 4.71. The summed E-state index contributed by atoms with van der Waals surface area (Å²) in [4.78, 5) is 19.8. The SMILES string of the molecule is Cc1ccc(-c2cc3c(N4CCC(C(=O)N[C@@H](C)c5ccc(F)cc5)CC4)nccn3n2)cc1C. The average Bonchev–Trinajstić information content (AvgIpc) is 3.31. The van der Waals surface area contributed by atoms with Crippen LogP contribution in [-0.2, 0) is 4.79 Å². The summed E-state index contributed by atoms with van der Waals surface area (Å²) in [6.07, 6.45) is 5.16. The van der Waals surface area contributed by atoms with Crippen molar-refractivity contribution in [3.63, 3.8) is 0 Å².